The highest BCUT2D eigenvalue weighted by Gasteiger charge is 2.28. The first-order chi connectivity index (χ1) is 3.34. The summed E-state index contributed by atoms with van der Waals surface area (Å²) in [7, 11) is 0. The lowest BCUT2D eigenvalue weighted by Crippen LogP contribution is -2.07. The summed E-state index contributed by atoms with van der Waals surface area (Å²) >= 11 is 0. The second-order valence-electron chi connectivity index (χ2n) is 2.03. The van der Waals surface area contributed by atoms with Gasteiger partial charge in [0.1, 0.15) is 0 Å². The first-order valence-corrected chi connectivity index (χ1v) is 2.57. The number of aliphatic hydroxyl groups is 1. The third kappa shape index (κ3) is 1.14. The molecule has 1 fully saturated rings. The lowest BCUT2D eigenvalue weighted by Gasteiger charge is -1.98. The van der Waals surface area contributed by atoms with Gasteiger partial charge < -0.3 is 9.84 Å². The van der Waals surface area contributed by atoms with Crippen LogP contribution in [0.4, 0.5) is 0 Å². The van der Waals surface area contributed by atoms with Crippen LogP contribution in [0.3, 0.4) is 0 Å². The van der Waals surface area contributed by atoms with Gasteiger partial charge >= 0.3 is 0 Å². The maximum atomic E-state index is 8.47. The average molecular weight is 102 g/mol. The van der Waals surface area contributed by atoms with Gasteiger partial charge in [0.15, 0.2) is 0 Å². The van der Waals surface area contributed by atoms with Gasteiger partial charge in [0.05, 0.1) is 12.7 Å². The SMILES string of the molecule is C[C@@H](CO)[C@H]1CO1. The van der Waals surface area contributed by atoms with Crippen LogP contribution in [-0.2, 0) is 4.74 Å². The van der Waals surface area contributed by atoms with Crippen LogP contribution in [-0.4, -0.2) is 24.4 Å². The molecule has 0 amide bonds. The molecule has 2 heteroatoms. The molecule has 0 unspecified atom stereocenters. The molecule has 0 bridgehead atoms. The summed E-state index contributed by atoms with van der Waals surface area (Å²) in [6.45, 7) is 3.09. The number of hydrogen-bond acceptors (Lipinski definition) is 2. The van der Waals surface area contributed by atoms with E-state index in [4.69, 9.17) is 9.84 Å². The first-order valence-electron chi connectivity index (χ1n) is 2.57. The summed E-state index contributed by atoms with van der Waals surface area (Å²) in [5.41, 5.74) is 0. The van der Waals surface area contributed by atoms with Crippen molar-refractivity contribution < 1.29 is 9.84 Å². The zero-order valence-corrected chi connectivity index (χ0v) is 4.42. The Morgan fingerprint density at radius 3 is 2.71 bits per heavy atom. The van der Waals surface area contributed by atoms with Gasteiger partial charge in [-0.2, -0.15) is 0 Å². The summed E-state index contributed by atoms with van der Waals surface area (Å²) in [4.78, 5) is 0. The van der Waals surface area contributed by atoms with Crippen molar-refractivity contribution in [1.29, 1.82) is 0 Å². The van der Waals surface area contributed by atoms with Crippen LogP contribution in [0, 0.1) is 5.92 Å². The molecule has 0 aromatic rings. The number of hydrogen-bond donors (Lipinski definition) is 1. The fourth-order valence-electron chi connectivity index (χ4n) is 0.502. The zero-order valence-electron chi connectivity index (χ0n) is 4.42. The summed E-state index contributed by atoms with van der Waals surface area (Å²) in [5, 5.41) is 8.47. The lowest BCUT2D eigenvalue weighted by atomic mass is 10.1. The molecule has 0 spiro atoms. The van der Waals surface area contributed by atoms with E-state index in [1.165, 1.54) is 0 Å². The quantitative estimate of drug-likeness (QED) is 0.498. The lowest BCUT2D eigenvalue weighted by molar-refractivity contribution is 0.205. The van der Waals surface area contributed by atoms with Crippen molar-refractivity contribution in [3.05, 3.63) is 0 Å². The predicted octanol–water partition coefficient (Wildman–Crippen LogP) is 0.0136. The van der Waals surface area contributed by atoms with Crippen molar-refractivity contribution >= 4 is 0 Å². The molecule has 1 saturated heterocycles. The van der Waals surface area contributed by atoms with Crippen LogP contribution in [0.25, 0.3) is 0 Å². The van der Waals surface area contributed by atoms with E-state index in [1.54, 1.807) is 0 Å². The Morgan fingerprint density at radius 2 is 2.57 bits per heavy atom. The van der Waals surface area contributed by atoms with E-state index in [0.717, 1.165) is 6.61 Å². The van der Waals surface area contributed by atoms with Crippen molar-refractivity contribution in [2.45, 2.75) is 13.0 Å². The molecule has 1 aliphatic heterocycles. The molecule has 0 aliphatic carbocycles. The van der Waals surface area contributed by atoms with E-state index in [-0.39, 0.29) is 6.61 Å². The van der Waals surface area contributed by atoms with E-state index >= 15 is 0 Å². The Morgan fingerprint density at radius 1 is 2.00 bits per heavy atom. The topological polar surface area (TPSA) is 32.8 Å². The monoisotopic (exact) mass is 102 g/mol. The fraction of sp³-hybridized carbons (Fsp3) is 1.00. The molecule has 2 atom stereocenters. The van der Waals surface area contributed by atoms with Gasteiger partial charge in [0.25, 0.3) is 0 Å². The molecule has 0 radical (unpaired) electrons. The Bertz CT molecular complexity index is 59.1. The molecule has 2 nitrogen and oxygen atoms in total. The van der Waals surface area contributed by atoms with Crippen LogP contribution in [0.2, 0.25) is 0 Å². The third-order valence-corrected chi connectivity index (χ3v) is 1.28. The van der Waals surface area contributed by atoms with Gasteiger partial charge in [0, 0.05) is 12.5 Å². The van der Waals surface area contributed by atoms with E-state index < -0.39 is 0 Å². The largest absolute Gasteiger partial charge is 0.396 e. The van der Waals surface area contributed by atoms with Gasteiger partial charge in [-0.05, 0) is 0 Å². The molecule has 7 heavy (non-hydrogen) atoms. The molecule has 1 heterocycles. The second-order valence-corrected chi connectivity index (χ2v) is 2.03. The van der Waals surface area contributed by atoms with Crippen LogP contribution < -0.4 is 0 Å². The van der Waals surface area contributed by atoms with Gasteiger partial charge in [-0.15, -0.1) is 0 Å². The second kappa shape index (κ2) is 1.80. The van der Waals surface area contributed by atoms with Crippen molar-refractivity contribution in [3.8, 4) is 0 Å². The molecule has 1 N–H and O–H groups in total. The molecule has 42 valence electrons. The fourth-order valence-corrected chi connectivity index (χ4v) is 0.502. The number of ether oxygens (including phenoxy) is 1. The minimum atomic E-state index is 0.255. The molecule has 1 aliphatic rings. The number of rotatable bonds is 2. The molecule has 0 aromatic heterocycles. The number of aliphatic hydroxyl groups excluding tert-OH is 1. The van der Waals surface area contributed by atoms with Crippen LogP contribution in [0.5, 0.6) is 0 Å². The van der Waals surface area contributed by atoms with Crippen LogP contribution >= 0.6 is 0 Å². The Kier molecular flexibility index (Phi) is 1.30. The summed E-state index contributed by atoms with van der Waals surface area (Å²) in [5.74, 6) is 0.347. The van der Waals surface area contributed by atoms with Crippen LogP contribution in [0.1, 0.15) is 6.92 Å². The highest BCUT2D eigenvalue weighted by atomic mass is 16.6. The maximum Gasteiger partial charge on any atom is 0.0857 e. The van der Waals surface area contributed by atoms with E-state index in [1.807, 2.05) is 6.92 Å². The van der Waals surface area contributed by atoms with Gasteiger partial charge in [0.2, 0.25) is 0 Å². The summed E-state index contributed by atoms with van der Waals surface area (Å²) in [6, 6.07) is 0. The molecular formula is C5H10O2. The van der Waals surface area contributed by atoms with Gasteiger partial charge in [-0.1, -0.05) is 6.92 Å². The minimum Gasteiger partial charge on any atom is -0.396 e. The maximum absolute atomic E-state index is 8.47. The Hall–Kier alpha value is -0.0800. The van der Waals surface area contributed by atoms with Crippen molar-refractivity contribution in [3.63, 3.8) is 0 Å². The normalized spacial score (nSPS) is 32.6. The third-order valence-electron chi connectivity index (χ3n) is 1.28. The van der Waals surface area contributed by atoms with Crippen molar-refractivity contribution in [2.24, 2.45) is 5.92 Å². The molecule has 0 aromatic carbocycles. The molecular weight excluding hydrogens is 92.1 g/mol. The zero-order chi connectivity index (χ0) is 5.28. The minimum absolute atomic E-state index is 0.255. The van der Waals surface area contributed by atoms with E-state index in [9.17, 15) is 0 Å². The summed E-state index contributed by atoms with van der Waals surface area (Å²) < 4.78 is 4.90. The van der Waals surface area contributed by atoms with Crippen LogP contribution in [0.15, 0.2) is 0 Å². The van der Waals surface area contributed by atoms with Gasteiger partial charge in [-0.3, -0.25) is 0 Å². The standard InChI is InChI=1S/C5H10O2/c1-4(2-6)5-3-7-5/h4-6H,2-3H2,1H3/t4-,5+/m0/s1. The van der Waals surface area contributed by atoms with Crippen molar-refractivity contribution in [1.82, 2.24) is 0 Å². The molecule has 0 saturated carbocycles. The van der Waals surface area contributed by atoms with E-state index in [0.29, 0.717) is 12.0 Å². The Balaban J connectivity index is 2.10. The first kappa shape index (κ1) is 5.06. The predicted molar refractivity (Wildman–Crippen MR) is 26.0 cm³/mol. The summed E-state index contributed by atoms with van der Waals surface area (Å²) in [6.07, 6.45) is 0.366. The molecule has 1 rings (SSSR count). The highest BCUT2D eigenvalue weighted by Crippen LogP contribution is 2.18. The average Bonchev–Trinajstić information content (AvgIpc) is 2.44. The Labute approximate surface area is 43.1 Å². The van der Waals surface area contributed by atoms with Crippen molar-refractivity contribution in [2.75, 3.05) is 13.2 Å². The smallest absolute Gasteiger partial charge is 0.0857 e. The highest BCUT2D eigenvalue weighted by molar-refractivity contribution is 4.74. The van der Waals surface area contributed by atoms with E-state index in [2.05, 4.69) is 0 Å². The van der Waals surface area contributed by atoms with Gasteiger partial charge in [-0.25, -0.2) is 0 Å². The number of epoxide rings is 1.